The zero-order chi connectivity index (χ0) is 16.7. The van der Waals surface area contributed by atoms with Gasteiger partial charge in [0, 0.05) is 23.6 Å². The van der Waals surface area contributed by atoms with E-state index in [0.717, 1.165) is 13.1 Å². The molecule has 0 atom stereocenters. The topological polar surface area (TPSA) is 34.9 Å². The van der Waals surface area contributed by atoms with E-state index in [2.05, 4.69) is 5.10 Å². The van der Waals surface area contributed by atoms with Crippen molar-refractivity contribution >= 4 is 23.4 Å². The highest BCUT2D eigenvalue weighted by Crippen LogP contribution is 2.32. The highest BCUT2D eigenvalue weighted by Gasteiger charge is 2.34. The summed E-state index contributed by atoms with van der Waals surface area (Å²) in [5, 5.41) is 3.72. The Balaban J connectivity index is 2.70. The first-order chi connectivity index (χ1) is 10.1. The van der Waals surface area contributed by atoms with E-state index in [1.807, 2.05) is 0 Å². The van der Waals surface area contributed by atoms with E-state index in [0.29, 0.717) is 15.6 Å². The van der Waals surface area contributed by atoms with Crippen LogP contribution >= 0.6 is 23.4 Å². The Kier molecular flexibility index (Phi) is 4.53. The van der Waals surface area contributed by atoms with E-state index < -0.39 is 28.8 Å². The number of rotatable bonds is 2. The number of alkyl halides is 3. The van der Waals surface area contributed by atoms with Crippen LogP contribution in [0.15, 0.2) is 27.9 Å². The summed E-state index contributed by atoms with van der Waals surface area (Å²) in [4.78, 5) is 12.4. The van der Waals surface area contributed by atoms with Crippen LogP contribution in [-0.2, 0) is 13.2 Å². The summed E-state index contributed by atoms with van der Waals surface area (Å²) >= 11 is 7.05. The molecule has 2 rings (SSSR count). The largest absolute Gasteiger partial charge is 0.433 e. The molecule has 0 spiro atoms. The summed E-state index contributed by atoms with van der Waals surface area (Å²) < 4.78 is 52.7. The molecule has 0 aliphatic rings. The Morgan fingerprint density at radius 1 is 1.27 bits per heavy atom. The molecule has 0 amide bonds. The molecule has 1 aromatic carbocycles. The van der Waals surface area contributed by atoms with Crippen molar-refractivity contribution in [3.63, 3.8) is 0 Å². The SMILES string of the molecule is CSc1cc(-c2nn(C)c(C(F)(F)F)cc2=O)c(F)cc1Cl. The maximum Gasteiger partial charge on any atom is 0.433 e. The third-order valence-electron chi connectivity index (χ3n) is 2.89. The molecule has 0 saturated heterocycles. The second kappa shape index (κ2) is 5.92. The first-order valence-electron chi connectivity index (χ1n) is 5.84. The van der Waals surface area contributed by atoms with E-state index in [1.165, 1.54) is 17.8 Å². The van der Waals surface area contributed by atoms with Crippen molar-refractivity contribution in [2.24, 2.45) is 7.05 Å². The molecule has 0 unspecified atom stereocenters. The molecular weight excluding hydrogens is 344 g/mol. The minimum atomic E-state index is -4.72. The molecule has 0 saturated carbocycles. The van der Waals surface area contributed by atoms with Crippen molar-refractivity contribution in [2.75, 3.05) is 6.26 Å². The normalized spacial score (nSPS) is 11.8. The zero-order valence-corrected chi connectivity index (χ0v) is 12.9. The fraction of sp³-hybridized carbons (Fsp3) is 0.231. The molecule has 1 aromatic heterocycles. The van der Waals surface area contributed by atoms with Crippen LogP contribution in [0.5, 0.6) is 0 Å². The summed E-state index contributed by atoms with van der Waals surface area (Å²) in [6, 6.07) is 2.69. The van der Waals surface area contributed by atoms with Crippen LogP contribution in [0, 0.1) is 5.82 Å². The predicted octanol–water partition coefficient (Wildman–Crippen LogP) is 3.98. The summed E-state index contributed by atoms with van der Waals surface area (Å²) in [5.74, 6) is -0.827. The minimum Gasteiger partial charge on any atom is -0.287 e. The van der Waals surface area contributed by atoms with Crippen LogP contribution in [0.3, 0.4) is 0 Å². The van der Waals surface area contributed by atoms with E-state index in [1.54, 1.807) is 6.26 Å². The van der Waals surface area contributed by atoms with Gasteiger partial charge in [0.1, 0.15) is 17.2 Å². The van der Waals surface area contributed by atoms with Crippen molar-refractivity contribution in [3.05, 3.63) is 45.0 Å². The number of benzene rings is 1. The average molecular weight is 353 g/mol. The van der Waals surface area contributed by atoms with Gasteiger partial charge < -0.3 is 0 Å². The standard InChI is InChI=1S/C13H9ClF4N2OS/c1-20-11(13(16,17)18)5-9(21)12(19-20)6-3-10(22-2)7(14)4-8(6)15/h3-5H,1-2H3. The lowest BCUT2D eigenvalue weighted by Crippen LogP contribution is -2.22. The van der Waals surface area contributed by atoms with Gasteiger partial charge in [0.15, 0.2) is 0 Å². The van der Waals surface area contributed by atoms with Crippen molar-refractivity contribution in [1.29, 1.82) is 0 Å². The zero-order valence-electron chi connectivity index (χ0n) is 11.3. The summed E-state index contributed by atoms with van der Waals surface area (Å²) in [5.41, 5.74) is -2.82. The molecular formula is C13H9ClF4N2OS. The van der Waals surface area contributed by atoms with E-state index in [-0.39, 0.29) is 10.6 Å². The third-order valence-corrected chi connectivity index (χ3v) is 4.09. The lowest BCUT2D eigenvalue weighted by molar-refractivity contribution is -0.144. The van der Waals surface area contributed by atoms with Crippen molar-refractivity contribution in [3.8, 4) is 11.3 Å². The molecule has 0 fully saturated rings. The molecule has 2 aromatic rings. The van der Waals surface area contributed by atoms with Gasteiger partial charge in [0.05, 0.1) is 5.02 Å². The molecule has 0 aliphatic carbocycles. The number of nitrogens with zero attached hydrogens (tertiary/aromatic N) is 2. The van der Waals surface area contributed by atoms with Crippen molar-refractivity contribution in [2.45, 2.75) is 11.1 Å². The first kappa shape index (κ1) is 16.8. The molecule has 1 heterocycles. The lowest BCUT2D eigenvalue weighted by atomic mass is 10.1. The second-order valence-electron chi connectivity index (χ2n) is 4.33. The van der Waals surface area contributed by atoms with Gasteiger partial charge in [-0.05, 0) is 18.4 Å². The molecule has 0 N–H and O–H groups in total. The smallest absolute Gasteiger partial charge is 0.287 e. The Bertz CT molecular complexity index is 789. The molecule has 0 radical (unpaired) electrons. The summed E-state index contributed by atoms with van der Waals surface area (Å²) in [7, 11) is 1.04. The molecule has 118 valence electrons. The van der Waals surface area contributed by atoms with Crippen LogP contribution in [0.4, 0.5) is 17.6 Å². The van der Waals surface area contributed by atoms with Gasteiger partial charge in [-0.1, -0.05) is 11.6 Å². The number of hydrogen-bond donors (Lipinski definition) is 0. The van der Waals surface area contributed by atoms with Crippen LogP contribution in [0.25, 0.3) is 11.3 Å². The van der Waals surface area contributed by atoms with E-state index in [4.69, 9.17) is 11.6 Å². The number of hydrogen-bond acceptors (Lipinski definition) is 3. The maximum absolute atomic E-state index is 14.0. The van der Waals surface area contributed by atoms with Gasteiger partial charge in [-0.3, -0.25) is 9.48 Å². The van der Waals surface area contributed by atoms with Crippen LogP contribution in [0.2, 0.25) is 5.02 Å². The quantitative estimate of drug-likeness (QED) is 0.605. The second-order valence-corrected chi connectivity index (χ2v) is 5.59. The highest BCUT2D eigenvalue weighted by atomic mass is 35.5. The number of aromatic nitrogens is 2. The third kappa shape index (κ3) is 3.12. The van der Waals surface area contributed by atoms with Crippen LogP contribution in [-0.4, -0.2) is 16.0 Å². The van der Waals surface area contributed by atoms with Gasteiger partial charge in [-0.25, -0.2) is 4.39 Å². The van der Waals surface area contributed by atoms with Gasteiger partial charge in [-0.2, -0.15) is 18.3 Å². The van der Waals surface area contributed by atoms with Crippen molar-refractivity contribution < 1.29 is 17.6 Å². The molecule has 3 nitrogen and oxygen atoms in total. The fourth-order valence-electron chi connectivity index (χ4n) is 1.86. The molecule has 0 aliphatic heterocycles. The van der Waals surface area contributed by atoms with Gasteiger partial charge in [0.25, 0.3) is 0 Å². The van der Waals surface area contributed by atoms with Gasteiger partial charge in [-0.15, -0.1) is 11.8 Å². The number of halogens is 5. The first-order valence-corrected chi connectivity index (χ1v) is 7.44. The molecule has 22 heavy (non-hydrogen) atoms. The minimum absolute atomic E-state index is 0.150. The fourth-order valence-corrected chi connectivity index (χ4v) is 2.73. The maximum atomic E-state index is 14.0. The Morgan fingerprint density at radius 3 is 2.45 bits per heavy atom. The van der Waals surface area contributed by atoms with Crippen LogP contribution in [0.1, 0.15) is 5.69 Å². The van der Waals surface area contributed by atoms with E-state index in [9.17, 15) is 22.4 Å². The molecule has 0 bridgehead atoms. The van der Waals surface area contributed by atoms with Crippen LogP contribution < -0.4 is 5.43 Å². The number of thioether (sulfide) groups is 1. The van der Waals surface area contributed by atoms with E-state index >= 15 is 0 Å². The Hall–Kier alpha value is -1.54. The van der Waals surface area contributed by atoms with Crippen molar-refractivity contribution in [1.82, 2.24) is 9.78 Å². The van der Waals surface area contributed by atoms with Gasteiger partial charge >= 0.3 is 6.18 Å². The Labute approximate surface area is 131 Å². The Morgan fingerprint density at radius 2 is 1.91 bits per heavy atom. The summed E-state index contributed by atoms with van der Waals surface area (Å²) in [6.07, 6.45) is -3.02. The number of aryl methyl sites for hydroxylation is 1. The van der Waals surface area contributed by atoms with Gasteiger partial charge in [0.2, 0.25) is 5.43 Å². The predicted molar refractivity (Wildman–Crippen MR) is 76.7 cm³/mol. The monoisotopic (exact) mass is 352 g/mol. The lowest BCUT2D eigenvalue weighted by Gasteiger charge is -2.13. The molecule has 9 heteroatoms. The summed E-state index contributed by atoms with van der Waals surface area (Å²) in [6.45, 7) is 0. The highest BCUT2D eigenvalue weighted by molar-refractivity contribution is 7.98. The average Bonchev–Trinajstić information content (AvgIpc) is 2.40.